The van der Waals surface area contributed by atoms with Crippen molar-refractivity contribution in [1.82, 2.24) is 9.97 Å². The predicted octanol–water partition coefficient (Wildman–Crippen LogP) is 3.52. The average molecular weight is 272 g/mol. The monoisotopic (exact) mass is 271 g/mol. The maximum atomic E-state index is 6.03. The molecule has 0 unspecified atom stereocenters. The number of halogens is 2. The first-order chi connectivity index (χ1) is 7.66. The lowest BCUT2D eigenvalue weighted by molar-refractivity contribution is 1.07. The van der Waals surface area contributed by atoms with Gasteiger partial charge in [-0.2, -0.15) is 0 Å². The molecule has 0 saturated heterocycles. The first-order valence-corrected chi connectivity index (χ1v) is 5.93. The summed E-state index contributed by atoms with van der Waals surface area (Å²) in [6.45, 7) is 0. The van der Waals surface area contributed by atoms with Gasteiger partial charge in [-0.05, 0) is 18.2 Å². The molecule has 0 aliphatic heterocycles. The molecule has 3 nitrogen and oxygen atoms in total. The Balaban J connectivity index is 2.34. The molecule has 1 aromatic heterocycles. The maximum absolute atomic E-state index is 6.03. The number of aromatic nitrogens is 2. The molecule has 0 radical (unpaired) electrons. The van der Waals surface area contributed by atoms with Gasteiger partial charge in [0.25, 0.3) is 0 Å². The molecule has 0 fully saturated rings. The Kier molecular flexibility index (Phi) is 3.53. The van der Waals surface area contributed by atoms with Gasteiger partial charge in [0.2, 0.25) is 0 Å². The van der Waals surface area contributed by atoms with Crippen molar-refractivity contribution in [2.75, 3.05) is 5.73 Å². The Hall–Kier alpha value is -0.970. The van der Waals surface area contributed by atoms with E-state index in [0.717, 1.165) is 4.90 Å². The molecule has 0 amide bonds. The van der Waals surface area contributed by atoms with Crippen LogP contribution in [-0.4, -0.2) is 9.97 Å². The summed E-state index contributed by atoms with van der Waals surface area (Å²) in [5, 5.41) is 1.85. The minimum absolute atomic E-state index is 0.378. The summed E-state index contributed by atoms with van der Waals surface area (Å²) in [5.74, 6) is 0.378. The third-order valence-corrected chi connectivity index (χ3v) is 3.53. The Morgan fingerprint density at radius 3 is 2.62 bits per heavy atom. The molecule has 0 bridgehead atoms. The van der Waals surface area contributed by atoms with E-state index in [9.17, 15) is 0 Å². The summed E-state index contributed by atoms with van der Waals surface area (Å²) in [5.41, 5.74) is 5.69. The van der Waals surface area contributed by atoms with Gasteiger partial charge in [-0.25, -0.2) is 9.97 Å². The van der Waals surface area contributed by atoms with E-state index < -0.39 is 0 Å². The van der Waals surface area contributed by atoms with Crippen molar-refractivity contribution >= 4 is 40.8 Å². The van der Waals surface area contributed by atoms with Crippen molar-refractivity contribution in [2.45, 2.75) is 9.92 Å². The first kappa shape index (κ1) is 11.5. The fourth-order valence-corrected chi connectivity index (χ4v) is 2.37. The Morgan fingerprint density at radius 2 is 1.88 bits per heavy atom. The number of benzene rings is 1. The first-order valence-electron chi connectivity index (χ1n) is 4.36. The van der Waals surface area contributed by atoms with Crippen LogP contribution in [-0.2, 0) is 0 Å². The summed E-state index contributed by atoms with van der Waals surface area (Å²) in [4.78, 5) is 8.87. The zero-order chi connectivity index (χ0) is 11.5. The summed E-state index contributed by atoms with van der Waals surface area (Å²) in [7, 11) is 0. The molecule has 2 rings (SSSR count). The number of nitrogens with two attached hydrogens (primary N) is 1. The van der Waals surface area contributed by atoms with E-state index in [4.69, 9.17) is 28.9 Å². The molecule has 2 aromatic rings. The van der Waals surface area contributed by atoms with Crippen molar-refractivity contribution < 1.29 is 0 Å². The van der Waals surface area contributed by atoms with Gasteiger partial charge in [-0.15, -0.1) is 0 Å². The molecular formula is C10H7Cl2N3S. The summed E-state index contributed by atoms with van der Waals surface area (Å²) in [6.07, 6.45) is 3.12. The number of rotatable bonds is 2. The van der Waals surface area contributed by atoms with E-state index in [2.05, 4.69) is 9.97 Å². The van der Waals surface area contributed by atoms with Crippen molar-refractivity contribution in [3.63, 3.8) is 0 Å². The number of nitrogen functional groups attached to an aromatic ring is 1. The Labute approximate surface area is 107 Å². The highest BCUT2D eigenvalue weighted by atomic mass is 35.5. The molecule has 1 heterocycles. The van der Waals surface area contributed by atoms with Crippen LogP contribution in [0.4, 0.5) is 5.82 Å². The van der Waals surface area contributed by atoms with Crippen LogP contribution in [0.1, 0.15) is 0 Å². The quantitative estimate of drug-likeness (QED) is 0.908. The minimum Gasteiger partial charge on any atom is -0.381 e. The highest BCUT2D eigenvalue weighted by Gasteiger charge is 2.07. The Bertz CT molecular complexity index is 519. The number of hydrogen-bond acceptors (Lipinski definition) is 4. The van der Waals surface area contributed by atoms with Crippen LogP contribution < -0.4 is 5.73 Å². The highest BCUT2D eigenvalue weighted by Crippen LogP contribution is 2.35. The number of anilines is 1. The predicted molar refractivity (Wildman–Crippen MR) is 67.0 cm³/mol. The highest BCUT2D eigenvalue weighted by molar-refractivity contribution is 7.99. The molecule has 6 heteroatoms. The largest absolute Gasteiger partial charge is 0.381 e. The topological polar surface area (TPSA) is 51.8 Å². The van der Waals surface area contributed by atoms with Crippen molar-refractivity contribution in [2.24, 2.45) is 0 Å². The van der Waals surface area contributed by atoms with Crippen molar-refractivity contribution in [3.8, 4) is 0 Å². The van der Waals surface area contributed by atoms with Gasteiger partial charge in [0.15, 0.2) is 5.82 Å². The standard InChI is InChI=1S/C10H7Cl2N3S/c11-6-1-2-7(12)8(5-6)16-10-9(13)14-3-4-15-10/h1-5H,(H2,13,14). The summed E-state index contributed by atoms with van der Waals surface area (Å²) >= 11 is 13.3. The lowest BCUT2D eigenvalue weighted by Crippen LogP contribution is -1.94. The van der Waals surface area contributed by atoms with Gasteiger partial charge in [-0.1, -0.05) is 35.0 Å². The van der Waals surface area contributed by atoms with Crippen LogP contribution in [0, 0.1) is 0 Å². The van der Waals surface area contributed by atoms with Gasteiger partial charge in [0.05, 0.1) is 5.02 Å². The van der Waals surface area contributed by atoms with E-state index >= 15 is 0 Å². The van der Waals surface area contributed by atoms with Crippen LogP contribution in [0.15, 0.2) is 40.5 Å². The maximum Gasteiger partial charge on any atom is 0.156 e. The fourth-order valence-electron chi connectivity index (χ4n) is 1.07. The number of hydrogen-bond donors (Lipinski definition) is 1. The van der Waals surface area contributed by atoms with E-state index in [0.29, 0.717) is 20.9 Å². The molecule has 0 saturated carbocycles. The van der Waals surface area contributed by atoms with E-state index in [1.54, 1.807) is 30.6 Å². The third-order valence-electron chi connectivity index (χ3n) is 1.79. The lowest BCUT2D eigenvalue weighted by atomic mass is 10.4. The van der Waals surface area contributed by atoms with Gasteiger partial charge < -0.3 is 5.73 Å². The third kappa shape index (κ3) is 2.58. The second kappa shape index (κ2) is 4.91. The number of nitrogens with zero attached hydrogens (tertiary/aromatic N) is 2. The van der Waals surface area contributed by atoms with Crippen LogP contribution >= 0.6 is 35.0 Å². The molecular weight excluding hydrogens is 265 g/mol. The average Bonchev–Trinajstić information content (AvgIpc) is 2.27. The zero-order valence-electron chi connectivity index (χ0n) is 8.02. The van der Waals surface area contributed by atoms with Crippen LogP contribution in [0.5, 0.6) is 0 Å². The van der Waals surface area contributed by atoms with Crippen molar-refractivity contribution in [3.05, 3.63) is 40.6 Å². The Morgan fingerprint density at radius 1 is 1.12 bits per heavy atom. The second-order valence-electron chi connectivity index (χ2n) is 2.92. The molecule has 1 aromatic carbocycles. The van der Waals surface area contributed by atoms with Gasteiger partial charge in [0.1, 0.15) is 5.03 Å². The molecule has 0 spiro atoms. The van der Waals surface area contributed by atoms with E-state index in [1.807, 2.05) is 0 Å². The van der Waals surface area contributed by atoms with Crippen LogP contribution in [0.2, 0.25) is 10.0 Å². The van der Waals surface area contributed by atoms with Gasteiger partial charge >= 0.3 is 0 Å². The molecule has 0 aliphatic carbocycles. The van der Waals surface area contributed by atoms with E-state index in [1.165, 1.54) is 11.8 Å². The molecule has 0 atom stereocenters. The summed E-state index contributed by atoms with van der Waals surface area (Å²) < 4.78 is 0. The van der Waals surface area contributed by atoms with Crippen LogP contribution in [0.3, 0.4) is 0 Å². The SMILES string of the molecule is Nc1nccnc1Sc1cc(Cl)ccc1Cl. The van der Waals surface area contributed by atoms with Gasteiger partial charge in [0, 0.05) is 22.3 Å². The molecule has 16 heavy (non-hydrogen) atoms. The zero-order valence-corrected chi connectivity index (χ0v) is 10.4. The van der Waals surface area contributed by atoms with E-state index in [-0.39, 0.29) is 0 Å². The minimum atomic E-state index is 0.378. The molecule has 2 N–H and O–H groups in total. The van der Waals surface area contributed by atoms with Crippen LogP contribution in [0.25, 0.3) is 0 Å². The van der Waals surface area contributed by atoms with Gasteiger partial charge in [-0.3, -0.25) is 0 Å². The molecule has 0 aliphatic rings. The summed E-state index contributed by atoms with van der Waals surface area (Å²) in [6, 6.07) is 5.23. The normalized spacial score (nSPS) is 10.4. The second-order valence-corrected chi connectivity index (χ2v) is 4.80. The molecule has 82 valence electrons. The lowest BCUT2D eigenvalue weighted by Gasteiger charge is -2.05. The smallest absolute Gasteiger partial charge is 0.156 e. The van der Waals surface area contributed by atoms with Crippen molar-refractivity contribution in [1.29, 1.82) is 0 Å². The fraction of sp³-hybridized carbons (Fsp3) is 0.